The molecule has 0 unspecified atom stereocenters. The first-order chi connectivity index (χ1) is 17.1. The number of hydrogen-bond acceptors (Lipinski definition) is 6. The van der Waals surface area contributed by atoms with Crippen molar-refractivity contribution in [2.45, 2.75) is 32.3 Å². The molecule has 0 bridgehead atoms. The molecule has 7 nitrogen and oxygen atoms in total. The lowest BCUT2D eigenvalue weighted by Gasteiger charge is -2.06. The van der Waals surface area contributed by atoms with E-state index in [2.05, 4.69) is 28.2 Å². The van der Waals surface area contributed by atoms with Gasteiger partial charge in [-0.1, -0.05) is 18.2 Å². The Balaban J connectivity index is 1.22. The summed E-state index contributed by atoms with van der Waals surface area (Å²) in [5.41, 5.74) is 3.01. The molecule has 0 fully saturated rings. The normalized spacial score (nSPS) is 11.1. The molecule has 0 N–H and O–H groups in total. The van der Waals surface area contributed by atoms with E-state index in [0.717, 1.165) is 37.5 Å². The minimum Gasteiger partial charge on any atom is -0.487 e. The van der Waals surface area contributed by atoms with Gasteiger partial charge in [0.2, 0.25) is 5.89 Å². The fourth-order valence-electron chi connectivity index (χ4n) is 3.51. The Morgan fingerprint density at radius 3 is 2.54 bits per heavy atom. The maximum atomic E-state index is 14.0. The number of nitro groups is 1. The average molecular weight is 474 g/mol. The van der Waals surface area contributed by atoms with Crippen LogP contribution in [0, 0.1) is 15.9 Å². The van der Waals surface area contributed by atoms with E-state index >= 15 is 0 Å². The van der Waals surface area contributed by atoms with E-state index in [4.69, 9.17) is 9.15 Å². The van der Waals surface area contributed by atoms with Crippen molar-refractivity contribution in [1.29, 1.82) is 0 Å². The Kier molecular flexibility index (Phi) is 7.96. The van der Waals surface area contributed by atoms with Gasteiger partial charge in [0.25, 0.3) is 5.69 Å². The molecular formula is C27H24FN3O4. The van der Waals surface area contributed by atoms with Gasteiger partial charge >= 0.3 is 0 Å². The van der Waals surface area contributed by atoms with Gasteiger partial charge in [0.1, 0.15) is 30.1 Å². The van der Waals surface area contributed by atoms with E-state index in [0.29, 0.717) is 5.69 Å². The van der Waals surface area contributed by atoms with E-state index in [1.54, 1.807) is 6.20 Å². The van der Waals surface area contributed by atoms with Crippen LogP contribution in [0.4, 0.5) is 10.1 Å². The third-order valence-corrected chi connectivity index (χ3v) is 5.38. The molecule has 4 aromatic rings. The van der Waals surface area contributed by atoms with Crippen molar-refractivity contribution in [3.63, 3.8) is 0 Å². The summed E-state index contributed by atoms with van der Waals surface area (Å²) in [6, 6.07) is 15.5. The van der Waals surface area contributed by atoms with Gasteiger partial charge in [0, 0.05) is 30.1 Å². The second kappa shape index (κ2) is 11.7. The summed E-state index contributed by atoms with van der Waals surface area (Å²) in [5, 5.41) is 10.7. The monoisotopic (exact) mass is 473 g/mol. The van der Waals surface area contributed by atoms with Crippen LogP contribution in [-0.2, 0) is 19.4 Å². The Morgan fingerprint density at radius 2 is 1.83 bits per heavy atom. The maximum Gasteiger partial charge on any atom is 0.272 e. The molecule has 0 atom stereocenters. The molecule has 0 aliphatic carbocycles. The van der Waals surface area contributed by atoms with E-state index in [-0.39, 0.29) is 23.7 Å². The van der Waals surface area contributed by atoms with Gasteiger partial charge in [0.05, 0.1) is 11.0 Å². The number of benzene rings is 2. The highest BCUT2D eigenvalue weighted by Gasteiger charge is 2.09. The van der Waals surface area contributed by atoms with Gasteiger partial charge in [0.15, 0.2) is 0 Å². The van der Waals surface area contributed by atoms with Crippen molar-refractivity contribution in [2.24, 2.45) is 0 Å². The fourth-order valence-corrected chi connectivity index (χ4v) is 3.51. The third kappa shape index (κ3) is 7.07. The van der Waals surface area contributed by atoms with Crippen molar-refractivity contribution < 1.29 is 18.5 Å². The largest absolute Gasteiger partial charge is 0.487 e. The SMILES string of the molecule is O=[N+]([O-])c1ccc(C=Cc2nc(COc3ccc(CCCCc4cccnc4)cc3)co2)c(F)c1. The number of hydrogen-bond donors (Lipinski definition) is 0. The lowest BCUT2D eigenvalue weighted by molar-refractivity contribution is -0.385. The molecule has 4 rings (SSSR count). The highest BCUT2D eigenvalue weighted by molar-refractivity contribution is 5.67. The van der Waals surface area contributed by atoms with Crippen molar-refractivity contribution >= 4 is 17.8 Å². The number of halogens is 1. The zero-order valence-electron chi connectivity index (χ0n) is 19.0. The van der Waals surface area contributed by atoms with Crippen LogP contribution in [0.2, 0.25) is 0 Å². The molecule has 8 heteroatoms. The third-order valence-electron chi connectivity index (χ3n) is 5.38. The van der Waals surface area contributed by atoms with E-state index < -0.39 is 10.7 Å². The van der Waals surface area contributed by atoms with Crippen LogP contribution in [0.1, 0.15) is 41.1 Å². The first-order valence-corrected chi connectivity index (χ1v) is 11.2. The highest BCUT2D eigenvalue weighted by atomic mass is 19.1. The van der Waals surface area contributed by atoms with Crippen molar-refractivity contribution in [2.75, 3.05) is 0 Å². The Hall–Kier alpha value is -4.33. The number of rotatable bonds is 11. The van der Waals surface area contributed by atoms with Gasteiger partial charge in [-0.25, -0.2) is 9.37 Å². The molecule has 35 heavy (non-hydrogen) atoms. The summed E-state index contributed by atoms with van der Waals surface area (Å²) >= 11 is 0. The van der Waals surface area contributed by atoms with Crippen LogP contribution in [0.5, 0.6) is 5.75 Å². The highest BCUT2D eigenvalue weighted by Crippen LogP contribution is 2.19. The van der Waals surface area contributed by atoms with Crippen LogP contribution in [0.3, 0.4) is 0 Å². The average Bonchev–Trinajstić information content (AvgIpc) is 3.34. The maximum absolute atomic E-state index is 14.0. The number of ether oxygens (including phenoxy) is 1. The summed E-state index contributed by atoms with van der Waals surface area (Å²) in [5.74, 6) is 0.322. The minimum atomic E-state index is -0.692. The van der Waals surface area contributed by atoms with Crippen LogP contribution in [0.25, 0.3) is 12.2 Å². The zero-order chi connectivity index (χ0) is 24.5. The van der Waals surface area contributed by atoms with Gasteiger partial charge < -0.3 is 9.15 Å². The quantitative estimate of drug-likeness (QED) is 0.142. The van der Waals surface area contributed by atoms with Gasteiger partial charge in [-0.2, -0.15) is 0 Å². The number of pyridine rings is 1. The Labute approximate surface area is 202 Å². The topological polar surface area (TPSA) is 91.3 Å². The molecular weight excluding hydrogens is 449 g/mol. The predicted molar refractivity (Wildman–Crippen MR) is 130 cm³/mol. The number of aryl methyl sites for hydroxylation is 2. The number of non-ortho nitro benzene ring substituents is 1. The van der Waals surface area contributed by atoms with Crippen molar-refractivity contribution in [3.05, 3.63) is 117 Å². The minimum absolute atomic E-state index is 0.198. The van der Waals surface area contributed by atoms with E-state index in [1.165, 1.54) is 41.7 Å². The van der Waals surface area contributed by atoms with Crippen LogP contribution in [-0.4, -0.2) is 14.9 Å². The molecule has 2 heterocycles. The number of nitrogens with zero attached hydrogens (tertiary/aromatic N) is 3. The molecule has 0 saturated carbocycles. The molecule has 0 aliphatic rings. The van der Waals surface area contributed by atoms with Crippen LogP contribution in [0.15, 0.2) is 77.7 Å². The summed E-state index contributed by atoms with van der Waals surface area (Å²) in [4.78, 5) is 18.5. The first kappa shape index (κ1) is 23.8. The van der Waals surface area contributed by atoms with Crippen LogP contribution >= 0.6 is 0 Å². The molecule has 2 aromatic carbocycles. The first-order valence-electron chi connectivity index (χ1n) is 11.2. The summed E-state index contributed by atoms with van der Waals surface area (Å²) < 4.78 is 25.1. The van der Waals surface area contributed by atoms with Gasteiger partial charge in [-0.05, 0) is 67.2 Å². The number of unbranched alkanes of at least 4 members (excludes halogenated alkanes) is 1. The number of oxazole rings is 1. The molecule has 178 valence electrons. The fraction of sp³-hybridized carbons (Fsp3) is 0.185. The Bertz CT molecular complexity index is 1290. The molecule has 2 aromatic heterocycles. The van der Waals surface area contributed by atoms with Gasteiger partial charge in [-0.3, -0.25) is 15.1 Å². The lowest BCUT2D eigenvalue weighted by Crippen LogP contribution is -1.96. The smallest absolute Gasteiger partial charge is 0.272 e. The summed E-state index contributed by atoms with van der Waals surface area (Å²) in [7, 11) is 0. The predicted octanol–water partition coefficient (Wildman–Crippen LogP) is 6.43. The van der Waals surface area contributed by atoms with Crippen molar-refractivity contribution in [3.8, 4) is 5.75 Å². The molecule has 0 amide bonds. The second-order valence-electron chi connectivity index (χ2n) is 7.97. The standard InChI is InChI=1S/C27H24FN3O4/c28-26-16-24(31(32)33)11-9-22(26)10-14-27-30-23(19-35-27)18-34-25-12-7-20(8-13-25)4-1-2-5-21-6-3-15-29-17-21/h3,6-17,19H,1-2,4-5,18H2. The summed E-state index contributed by atoms with van der Waals surface area (Å²) in [6.07, 6.45) is 12.4. The Morgan fingerprint density at radius 1 is 1.03 bits per heavy atom. The second-order valence-corrected chi connectivity index (χ2v) is 7.97. The zero-order valence-corrected chi connectivity index (χ0v) is 19.0. The number of aromatic nitrogens is 2. The molecule has 0 spiro atoms. The van der Waals surface area contributed by atoms with Crippen LogP contribution < -0.4 is 4.74 Å². The van der Waals surface area contributed by atoms with Crippen molar-refractivity contribution in [1.82, 2.24) is 9.97 Å². The number of nitro benzene ring substituents is 1. The lowest BCUT2D eigenvalue weighted by atomic mass is 10.0. The summed E-state index contributed by atoms with van der Waals surface area (Å²) in [6.45, 7) is 0.230. The van der Waals surface area contributed by atoms with E-state index in [1.807, 2.05) is 24.4 Å². The molecule has 0 aliphatic heterocycles. The van der Waals surface area contributed by atoms with Gasteiger partial charge in [-0.15, -0.1) is 0 Å². The molecule has 0 radical (unpaired) electrons. The molecule has 0 saturated heterocycles. The van der Waals surface area contributed by atoms with E-state index in [9.17, 15) is 14.5 Å².